The van der Waals surface area contributed by atoms with Gasteiger partial charge in [-0.3, -0.25) is 0 Å². The number of ether oxygens (including phenoxy) is 2. The third-order valence-electron chi connectivity index (χ3n) is 6.84. The second kappa shape index (κ2) is 8.43. The van der Waals surface area contributed by atoms with Crippen LogP contribution < -0.4 is 10.4 Å². The van der Waals surface area contributed by atoms with E-state index in [1.807, 2.05) is 19.1 Å². The molecule has 0 bridgehead atoms. The Balaban J connectivity index is 1.69. The topological polar surface area (TPSA) is 71.5 Å². The van der Waals surface area contributed by atoms with Crippen LogP contribution in [0.3, 0.4) is 0 Å². The Bertz CT molecular complexity index is 829. The van der Waals surface area contributed by atoms with E-state index in [2.05, 4.69) is 69.3 Å². The normalized spacial score (nSPS) is 30.6. The fourth-order valence-electron chi connectivity index (χ4n) is 5.06. The van der Waals surface area contributed by atoms with Gasteiger partial charge in [0.2, 0.25) is 0 Å². The molecule has 0 radical (unpaired) electrons. The van der Waals surface area contributed by atoms with Crippen molar-refractivity contribution in [2.45, 2.75) is 69.2 Å². The van der Waals surface area contributed by atoms with Gasteiger partial charge in [0.25, 0.3) is 8.32 Å². The first kappa shape index (κ1) is 22.6. The summed E-state index contributed by atoms with van der Waals surface area (Å²) in [6.45, 7) is 9.06. The Labute approximate surface area is 186 Å². The fourth-order valence-corrected chi connectivity index (χ4v) is 9.62. The standard InChI is InChI=1S/C25H34O5Si/c1-24(2,3)31(18-11-7-5-8-12-18,19-13-9-6-10-14-19)28-17-21-25(4)23(30-25)22(27)20(29-21)15-16-26/h5-14,20-23,26-27H,15-17H2,1-4H3/t20-,21+,22-,23-,25+/m0/s1. The smallest absolute Gasteiger partial charge is 0.261 e. The van der Waals surface area contributed by atoms with Gasteiger partial charge in [-0.2, -0.15) is 0 Å². The van der Waals surface area contributed by atoms with Gasteiger partial charge in [0.15, 0.2) is 0 Å². The van der Waals surface area contributed by atoms with Gasteiger partial charge in [-0.25, -0.2) is 0 Å². The first-order valence-electron chi connectivity index (χ1n) is 11.1. The van der Waals surface area contributed by atoms with Crippen LogP contribution in [-0.4, -0.2) is 61.8 Å². The van der Waals surface area contributed by atoms with Crippen molar-refractivity contribution in [3.05, 3.63) is 60.7 Å². The summed E-state index contributed by atoms with van der Waals surface area (Å²) >= 11 is 0. The number of hydrogen-bond acceptors (Lipinski definition) is 5. The van der Waals surface area contributed by atoms with Crippen molar-refractivity contribution in [2.75, 3.05) is 13.2 Å². The van der Waals surface area contributed by atoms with Crippen molar-refractivity contribution in [2.24, 2.45) is 0 Å². The van der Waals surface area contributed by atoms with Gasteiger partial charge >= 0.3 is 0 Å². The van der Waals surface area contributed by atoms with Crippen LogP contribution in [0.2, 0.25) is 5.04 Å². The predicted molar refractivity (Wildman–Crippen MR) is 123 cm³/mol. The van der Waals surface area contributed by atoms with Crippen LogP contribution in [0.1, 0.15) is 34.1 Å². The van der Waals surface area contributed by atoms with Crippen molar-refractivity contribution < 1.29 is 24.1 Å². The number of hydrogen-bond donors (Lipinski definition) is 2. The lowest BCUT2D eigenvalue weighted by Gasteiger charge is -2.44. The van der Waals surface area contributed by atoms with E-state index in [-0.39, 0.29) is 23.9 Å². The van der Waals surface area contributed by atoms with Crippen molar-refractivity contribution in [1.82, 2.24) is 0 Å². The van der Waals surface area contributed by atoms with Gasteiger partial charge in [0, 0.05) is 6.61 Å². The van der Waals surface area contributed by atoms with Gasteiger partial charge in [-0.15, -0.1) is 0 Å². The quantitative estimate of drug-likeness (QED) is 0.508. The highest BCUT2D eigenvalue weighted by molar-refractivity contribution is 6.99. The first-order valence-corrected chi connectivity index (χ1v) is 13.0. The molecule has 2 aromatic carbocycles. The molecule has 0 aromatic heterocycles. The first-order chi connectivity index (χ1) is 14.7. The van der Waals surface area contributed by atoms with E-state index in [0.717, 1.165) is 0 Å². The molecule has 4 rings (SSSR count). The van der Waals surface area contributed by atoms with Crippen molar-refractivity contribution in [3.8, 4) is 0 Å². The maximum atomic E-state index is 10.5. The zero-order chi connectivity index (χ0) is 22.3. The minimum atomic E-state index is -2.68. The molecule has 0 spiro atoms. The second-order valence-electron chi connectivity index (χ2n) is 9.86. The van der Waals surface area contributed by atoms with E-state index in [0.29, 0.717) is 13.0 Å². The summed E-state index contributed by atoms with van der Waals surface area (Å²) in [5.74, 6) is 0. The highest BCUT2D eigenvalue weighted by atomic mass is 28.4. The van der Waals surface area contributed by atoms with Crippen molar-refractivity contribution in [3.63, 3.8) is 0 Å². The molecule has 2 fully saturated rings. The average molecular weight is 443 g/mol. The minimum Gasteiger partial charge on any atom is -0.405 e. The lowest BCUT2D eigenvalue weighted by molar-refractivity contribution is -0.133. The Morgan fingerprint density at radius 3 is 2.03 bits per heavy atom. The highest BCUT2D eigenvalue weighted by Gasteiger charge is 2.67. The summed E-state index contributed by atoms with van der Waals surface area (Å²) in [4.78, 5) is 0. The largest absolute Gasteiger partial charge is 0.405 e. The Hall–Kier alpha value is -1.54. The van der Waals surface area contributed by atoms with Crippen molar-refractivity contribution >= 4 is 18.7 Å². The molecule has 2 aliphatic rings. The van der Waals surface area contributed by atoms with Gasteiger partial charge in [-0.05, 0) is 28.8 Å². The third-order valence-corrected chi connectivity index (χ3v) is 11.8. The molecule has 0 unspecified atom stereocenters. The summed E-state index contributed by atoms with van der Waals surface area (Å²) in [7, 11) is -2.68. The van der Waals surface area contributed by atoms with E-state index >= 15 is 0 Å². The monoisotopic (exact) mass is 442 g/mol. The molecule has 0 saturated carbocycles. The summed E-state index contributed by atoms with van der Waals surface area (Å²) in [6.07, 6.45) is -1.36. The van der Waals surface area contributed by atoms with Crippen LogP contribution >= 0.6 is 0 Å². The molecule has 2 heterocycles. The second-order valence-corrected chi connectivity index (χ2v) is 14.2. The minimum absolute atomic E-state index is 0.0343. The van der Waals surface area contributed by atoms with Crippen LogP contribution in [0, 0.1) is 0 Å². The number of epoxide rings is 1. The predicted octanol–water partition coefficient (Wildman–Crippen LogP) is 2.23. The average Bonchev–Trinajstić information content (AvgIpc) is 3.46. The summed E-state index contributed by atoms with van der Waals surface area (Å²) < 4.78 is 19.2. The number of fused-ring (bicyclic) bond motifs is 1. The molecule has 2 N–H and O–H groups in total. The molecule has 2 aromatic rings. The lowest BCUT2D eigenvalue weighted by atomic mass is 9.90. The summed E-state index contributed by atoms with van der Waals surface area (Å²) in [6, 6.07) is 21.0. The fraction of sp³-hybridized carbons (Fsp3) is 0.520. The molecule has 31 heavy (non-hydrogen) atoms. The van der Waals surface area contributed by atoms with E-state index in [1.54, 1.807) is 0 Å². The SMILES string of the molecule is CC(C)(C)[Si](OC[C@H]1O[C@@H](CCO)[C@H](O)[C@@H]2O[C@]12C)(c1ccccc1)c1ccccc1. The van der Waals surface area contributed by atoms with Crippen LogP contribution in [0.5, 0.6) is 0 Å². The number of rotatable bonds is 7. The molecular weight excluding hydrogens is 408 g/mol. The summed E-state index contributed by atoms with van der Waals surface area (Å²) in [5, 5.41) is 22.2. The Morgan fingerprint density at radius 2 is 1.55 bits per heavy atom. The molecule has 0 amide bonds. The molecule has 168 valence electrons. The zero-order valence-corrected chi connectivity index (χ0v) is 19.8. The molecule has 5 nitrogen and oxygen atoms in total. The van der Waals surface area contributed by atoms with Gasteiger partial charge < -0.3 is 24.1 Å². The van der Waals surface area contributed by atoms with E-state index in [1.165, 1.54) is 10.4 Å². The van der Waals surface area contributed by atoms with Crippen LogP contribution in [0.15, 0.2) is 60.7 Å². The van der Waals surface area contributed by atoms with E-state index in [4.69, 9.17) is 13.9 Å². The molecular formula is C25H34O5Si. The van der Waals surface area contributed by atoms with Gasteiger partial charge in [0.05, 0.1) is 12.7 Å². The van der Waals surface area contributed by atoms with Gasteiger partial charge in [0.1, 0.15) is 23.9 Å². The Morgan fingerprint density at radius 1 is 1.00 bits per heavy atom. The molecule has 2 saturated heterocycles. The van der Waals surface area contributed by atoms with Crippen LogP contribution in [0.4, 0.5) is 0 Å². The number of aliphatic hydroxyl groups is 2. The molecule has 0 aliphatic carbocycles. The third kappa shape index (κ3) is 3.90. The summed E-state index contributed by atoms with van der Waals surface area (Å²) in [5.41, 5.74) is -0.559. The van der Waals surface area contributed by atoms with Gasteiger partial charge in [-0.1, -0.05) is 81.4 Å². The lowest BCUT2D eigenvalue weighted by Crippen LogP contribution is -2.67. The zero-order valence-electron chi connectivity index (χ0n) is 18.8. The van der Waals surface area contributed by atoms with Crippen LogP contribution in [-0.2, 0) is 13.9 Å². The number of aliphatic hydroxyl groups excluding tert-OH is 2. The molecule has 6 heteroatoms. The van der Waals surface area contributed by atoms with Crippen molar-refractivity contribution in [1.29, 1.82) is 0 Å². The van der Waals surface area contributed by atoms with E-state index < -0.39 is 26.1 Å². The maximum Gasteiger partial charge on any atom is 0.261 e. The highest BCUT2D eigenvalue weighted by Crippen LogP contribution is 2.49. The Kier molecular flexibility index (Phi) is 6.16. The van der Waals surface area contributed by atoms with E-state index in [9.17, 15) is 10.2 Å². The number of benzene rings is 2. The maximum absolute atomic E-state index is 10.5. The van der Waals surface area contributed by atoms with Crippen LogP contribution in [0.25, 0.3) is 0 Å². The molecule has 2 aliphatic heterocycles. The molecule has 5 atom stereocenters.